The van der Waals surface area contributed by atoms with E-state index in [2.05, 4.69) is 10.3 Å². The summed E-state index contributed by atoms with van der Waals surface area (Å²) in [7, 11) is 0. The average molecular weight is 370 g/mol. The molecule has 26 heavy (non-hydrogen) atoms. The summed E-state index contributed by atoms with van der Waals surface area (Å²) in [6.45, 7) is 2.21. The number of benzene rings is 2. The van der Waals surface area contributed by atoms with Gasteiger partial charge in [0.2, 0.25) is 0 Å². The number of nitrogens with one attached hydrogen (secondary N) is 2. The Labute approximate surface area is 155 Å². The molecule has 0 saturated heterocycles. The number of aromatic nitrogens is 1. The number of amides is 1. The van der Waals surface area contributed by atoms with Gasteiger partial charge in [-0.05, 0) is 49.4 Å². The van der Waals surface area contributed by atoms with Crippen molar-refractivity contribution < 1.29 is 14.0 Å². The molecule has 134 valence electrons. The van der Waals surface area contributed by atoms with Gasteiger partial charge in [0.05, 0.1) is 5.56 Å². The molecule has 3 aromatic rings. The molecule has 1 aromatic heterocycles. The second kappa shape index (κ2) is 8.19. The number of aryl methyl sites for hydroxylation is 1. The zero-order valence-electron chi connectivity index (χ0n) is 14.3. The smallest absolute Gasteiger partial charge is 0.292 e. The lowest BCUT2D eigenvalue weighted by molar-refractivity contribution is -0.116. The molecule has 2 N–H and O–H groups in total. The Bertz CT molecular complexity index is 935. The number of fused-ring (bicyclic) bond motifs is 1. The van der Waals surface area contributed by atoms with E-state index in [1.807, 2.05) is 24.3 Å². The summed E-state index contributed by atoms with van der Waals surface area (Å²) in [5, 5.41) is 3.44. The topological polar surface area (TPSA) is 62.0 Å². The van der Waals surface area contributed by atoms with Gasteiger partial charge in [-0.15, -0.1) is 11.8 Å². The highest BCUT2D eigenvalue weighted by molar-refractivity contribution is 7.99. The largest absolute Gasteiger partial charge is 0.358 e. The SMILES string of the molecule is Cc1[nH]c2ccccc2c1C(=O)C(=O)NCCCSc1ccc(F)cc1. The van der Waals surface area contributed by atoms with Crippen LogP contribution in [0.25, 0.3) is 10.9 Å². The third kappa shape index (κ3) is 4.14. The molecule has 0 aliphatic rings. The van der Waals surface area contributed by atoms with E-state index < -0.39 is 11.7 Å². The minimum absolute atomic E-state index is 0.257. The van der Waals surface area contributed by atoms with Gasteiger partial charge in [0.1, 0.15) is 5.82 Å². The zero-order chi connectivity index (χ0) is 18.5. The molecule has 0 atom stereocenters. The number of H-pyrrole nitrogens is 1. The molecule has 3 rings (SSSR count). The Morgan fingerprint density at radius 1 is 1.12 bits per heavy atom. The number of ketones is 1. The molecule has 0 aliphatic heterocycles. The predicted molar refractivity (Wildman–Crippen MR) is 102 cm³/mol. The predicted octanol–water partition coefficient (Wildman–Crippen LogP) is 4.10. The maximum Gasteiger partial charge on any atom is 0.292 e. The molecule has 1 amide bonds. The van der Waals surface area contributed by atoms with Crippen LogP contribution in [0.15, 0.2) is 53.4 Å². The lowest BCUT2D eigenvalue weighted by Gasteiger charge is -2.05. The van der Waals surface area contributed by atoms with Crippen LogP contribution in [-0.4, -0.2) is 29.0 Å². The first kappa shape index (κ1) is 18.2. The number of hydrogen-bond donors (Lipinski definition) is 2. The van der Waals surface area contributed by atoms with Gasteiger partial charge in [-0.2, -0.15) is 0 Å². The van der Waals surface area contributed by atoms with Crippen molar-refractivity contribution in [2.45, 2.75) is 18.2 Å². The summed E-state index contributed by atoms with van der Waals surface area (Å²) in [5.41, 5.74) is 1.97. The van der Waals surface area contributed by atoms with Crippen molar-refractivity contribution in [3.05, 3.63) is 65.6 Å². The third-order valence-electron chi connectivity index (χ3n) is 4.02. The maximum absolute atomic E-state index is 12.8. The summed E-state index contributed by atoms with van der Waals surface area (Å²) < 4.78 is 12.8. The lowest BCUT2D eigenvalue weighted by Crippen LogP contribution is -2.32. The first-order valence-corrected chi connectivity index (χ1v) is 9.33. The lowest BCUT2D eigenvalue weighted by atomic mass is 10.1. The van der Waals surface area contributed by atoms with Crippen molar-refractivity contribution in [2.75, 3.05) is 12.3 Å². The van der Waals surface area contributed by atoms with E-state index in [0.29, 0.717) is 24.2 Å². The summed E-state index contributed by atoms with van der Waals surface area (Å²) in [5.74, 6) is -0.602. The van der Waals surface area contributed by atoms with E-state index in [-0.39, 0.29) is 5.82 Å². The van der Waals surface area contributed by atoms with Gasteiger partial charge in [0, 0.05) is 28.0 Å². The first-order valence-electron chi connectivity index (χ1n) is 8.34. The molecule has 0 radical (unpaired) electrons. The van der Waals surface area contributed by atoms with Crippen LogP contribution in [0.3, 0.4) is 0 Å². The molecule has 0 unspecified atom stereocenters. The molecule has 0 fully saturated rings. The zero-order valence-corrected chi connectivity index (χ0v) is 15.2. The highest BCUT2D eigenvalue weighted by Gasteiger charge is 2.22. The quantitative estimate of drug-likeness (QED) is 0.285. The standard InChI is InChI=1S/C20H19FN2O2S/c1-13-18(16-5-2-3-6-17(16)23-13)19(24)20(25)22-11-4-12-26-15-9-7-14(21)8-10-15/h2-3,5-10,23H,4,11-12H2,1H3,(H,22,25). The Hall–Kier alpha value is -2.60. The van der Waals surface area contributed by atoms with Gasteiger partial charge in [0.15, 0.2) is 0 Å². The van der Waals surface area contributed by atoms with Crippen LogP contribution >= 0.6 is 11.8 Å². The van der Waals surface area contributed by atoms with Crippen LogP contribution in [-0.2, 0) is 4.79 Å². The molecule has 4 nitrogen and oxygen atoms in total. The van der Waals surface area contributed by atoms with Crippen LogP contribution < -0.4 is 5.32 Å². The monoisotopic (exact) mass is 370 g/mol. The van der Waals surface area contributed by atoms with Gasteiger partial charge in [-0.3, -0.25) is 9.59 Å². The second-order valence-corrected chi connectivity index (χ2v) is 7.08. The molecule has 0 bridgehead atoms. The summed E-state index contributed by atoms with van der Waals surface area (Å²) in [4.78, 5) is 28.8. The maximum atomic E-state index is 12.8. The minimum atomic E-state index is -0.593. The molecule has 2 aromatic carbocycles. The number of aromatic amines is 1. The summed E-state index contributed by atoms with van der Waals surface area (Å²) in [6.07, 6.45) is 0.716. The number of carbonyl (C=O) groups is 2. The number of halogens is 1. The molecule has 1 heterocycles. The van der Waals surface area contributed by atoms with E-state index in [9.17, 15) is 14.0 Å². The number of para-hydroxylation sites is 1. The highest BCUT2D eigenvalue weighted by atomic mass is 32.2. The van der Waals surface area contributed by atoms with Crippen molar-refractivity contribution in [3.63, 3.8) is 0 Å². The van der Waals surface area contributed by atoms with Gasteiger partial charge >= 0.3 is 0 Å². The Morgan fingerprint density at radius 3 is 2.62 bits per heavy atom. The number of hydrogen-bond acceptors (Lipinski definition) is 3. The molecule has 6 heteroatoms. The normalized spacial score (nSPS) is 10.8. The highest BCUT2D eigenvalue weighted by Crippen LogP contribution is 2.22. The number of thioether (sulfide) groups is 1. The van der Waals surface area contributed by atoms with Crippen molar-refractivity contribution in [2.24, 2.45) is 0 Å². The van der Waals surface area contributed by atoms with E-state index >= 15 is 0 Å². The molecule has 0 spiro atoms. The van der Waals surface area contributed by atoms with E-state index in [4.69, 9.17) is 0 Å². The van der Waals surface area contributed by atoms with Crippen molar-refractivity contribution in [3.8, 4) is 0 Å². The van der Waals surface area contributed by atoms with Gasteiger partial charge in [0.25, 0.3) is 11.7 Å². The summed E-state index contributed by atoms with van der Waals surface area (Å²) >= 11 is 1.58. The van der Waals surface area contributed by atoms with E-state index in [1.165, 1.54) is 12.1 Å². The fourth-order valence-corrected chi connectivity index (χ4v) is 3.61. The summed E-state index contributed by atoms with van der Waals surface area (Å²) in [6, 6.07) is 13.7. The van der Waals surface area contributed by atoms with Crippen LogP contribution in [0.2, 0.25) is 0 Å². The Balaban J connectivity index is 1.51. The van der Waals surface area contributed by atoms with Crippen molar-refractivity contribution in [1.82, 2.24) is 10.3 Å². The van der Waals surface area contributed by atoms with Gasteiger partial charge in [-0.25, -0.2) is 4.39 Å². The van der Waals surface area contributed by atoms with Crippen molar-refractivity contribution in [1.29, 1.82) is 0 Å². The molecule has 0 saturated carbocycles. The molecule has 0 aliphatic carbocycles. The van der Waals surface area contributed by atoms with Crippen molar-refractivity contribution >= 4 is 34.4 Å². The molecular formula is C20H19FN2O2S. The van der Waals surface area contributed by atoms with Crippen LogP contribution in [0.5, 0.6) is 0 Å². The average Bonchev–Trinajstić information content (AvgIpc) is 2.97. The van der Waals surface area contributed by atoms with Crippen LogP contribution in [0.4, 0.5) is 4.39 Å². The number of rotatable bonds is 7. The van der Waals surface area contributed by atoms with E-state index in [1.54, 1.807) is 30.8 Å². The van der Waals surface area contributed by atoms with Gasteiger partial charge in [-0.1, -0.05) is 18.2 Å². The third-order valence-corrected chi connectivity index (χ3v) is 5.11. The fraction of sp³-hybridized carbons (Fsp3) is 0.200. The Kier molecular flexibility index (Phi) is 5.73. The van der Waals surface area contributed by atoms with Crippen LogP contribution in [0, 0.1) is 12.7 Å². The number of Topliss-reactive ketones (excluding diaryl/α,β-unsaturated/α-hetero) is 1. The number of carbonyl (C=O) groups excluding carboxylic acids is 2. The second-order valence-electron chi connectivity index (χ2n) is 5.91. The molecular weight excluding hydrogens is 351 g/mol. The van der Waals surface area contributed by atoms with Crippen LogP contribution in [0.1, 0.15) is 22.5 Å². The fourth-order valence-electron chi connectivity index (χ4n) is 2.76. The first-order chi connectivity index (χ1) is 12.6. The van der Waals surface area contributed by atoms with E-state index in [0.717, 1.165) is 21.6 Å². The Morgan fingerprint density at radius 2 is 1.85 bits per heavy atom. The minimum Gasteiger partial charge on any atom is -0.358 e. The van der Waals surface area contributed by atoms with Gasteiger partial charge < -0.3 is 10.3 Å².